The Labute approximate surface area is 73.5 Å². The Balaban J connectivity index is 2.60. The zero-order valence-corrected chi connectivity index (χ0v) is 7.02. The molecular weight excluding hydrogens is 180 g/mol. The Hall–Kier alpha value is -0.870. The van der Waals surface area contributed by atoms with Crippen molar-refractivity contribution in [2.45, 2.75) is 13.0 Å². The summed E-state index contributed by atoms with van der Waals surface area (Å²) < 4.78 is 5.11. The fourth-order valence-electron chi connectivity index (χ4n) is 1.21. The largest absolute Gasteiger partial charge is 0.376 e. The normalized spacial score (nSPS) is 15.8. The van der Waals surface area contributed by atoms with Crippen molar-refractivity contribution in [2.24, 2.45) is 0 Å². The Morgan fingerprint density at radius 1 is 1.58 bits per heavy atom. The lowest BCUT2D eigenvalue weighted by atomic mass is 10.1. The molecule has 1 aliphatic heterocycles. The molecule has 1 aromatic heterocycles. The van der Waals surface area contributed by atoms with Crippen LogP contribution in [0, 0.1) is 0 Å². The van der Waals surface area contributed by atoms with Crippen LogP contribution >= 0.6 is 11.6 Å². The summed E-state index contributed by atoms with van der Waals surface area (Å²) in [5.74, 6) is 0. The van der Waals surface area contributed by atoms with Crippen LogP contribution in [-0.2, 0) is 17.8 Å². The SMILES string of the molecule is O=c1[nH]c(Cl)nc2c1COCC2. The molecule has 0 unspecified atom stereocenters. The van der Waals surface area contributed by atoms with Crippen molar-refractivity contribution >= 4 is 11.6 Å². The highest BCUT2D eigenvalue weighted by atomic mass is 35.5. The Kier molecular flexibility index (Phi) is 1.86. The van der Waals surface area contributed by atoms with E-state index in [0.29, 0.717) is 25.2 Å². The second-order valence-electron chi connectivity index (χ2n) is 2.58. The van der Waals surface area contributed by atoms with Gasteiger partial charge in [-0.15, -0.1) is 0 Å². The molecule has 0 radical (unpaired) electrons. The van der Waals surface area contributed by atoms with Gasteiger partial charge in [0.05, 0.1) is 24.5 Å². The Morgan fingerprint density at radius 3 is 3.25 bits per heavy atom. The van der Waals surface area contributed by atoms with Gasteiger partial charge in [0.25, 0.3) is 5.56 Å². The smallest absolute Gasteiger partial charge is 0.257 e. The van der Waals surface area contributed by atoms with Crippen LogP contribution in [-0.4, -0.2) is 16.6 Å². The summed E-state index contributed by atoms with van der Waals surface area (Å²) in [6, 6.07) is 0. The van der Waals surface area contributed by atoms with E-state index in [4.69, 9.17) is 16.3 Å². The van der Waals surface area contributed by atoms with Crippen molar-refractivity contribution < 1.29 is 4.74 Å². The summed E-state index contributed by atoms with van der Waals surface area (Å²) >= 11 is 5.57. The third kappa shape index (κ3) is 1.23. The maximum atomic E-state index is 11.2. The van der Waals surface area contributed by atoms with Gasteiger partial charge in [0.1, 0.15) is 0 Å². The predicted octanol–water partition coefficient (Wildman–Crippen LogP) is 0.496. The lowest BCUT2D eigenvalue weighted by molar-refractivity contribution is 0.108. The summed E-state index contributed by atoms with van der Waals surface area (Å²) in [5, 5.41) is 0.153. The van der Waals surface area contributed by atoms with Crippen molar-refractivity contribution in [3.8, 4) is 0 Å². The Bertz CT molecular complexity index is 361. The molecule has 0 spiro atoms. The quantitative estimate of drug-likeness (QED) is 0.601. The van der Waals surface area contributed by atoms with Crippen LogP contribution in [0.5, 0.6) is 0 Å². The number of rotatable bonds is 0. The van der Waals surface area contributed by atoms with E-state index in [1.807, 2.05) is 0 Å². The minimum absolute atomic E-state index is 0.153. The first kappa shape index (κ1) is 7.76. The molecular formula is C7H7ClN2O2. The standard InChI is InChI=1S/C7H7ClN2O2/c8-7-9-5-1-2-12-3-4(5)6(11)10-7/h1-3H2,(H,9,10,11). The van der Waals surface area contributed by atoms with Gasteiger partial charge in [-0.05, 0) is 11.6 Å². The third-order valence-electron chi connectivity index (χ3n) is 1.80. The van der Waals surface area contributed by atoms with Crippen molar-refractivity contribution in [2.75, 3.05) is 6.61 Å². The minimum Gasteiger partial charge on any atom is -0.376 e. The molecule has 1 aliphatic rings. The van der Waals surface area contributed by atoms with Gasteiger partial charge in [0, 0.05) is 6.42 Å². The number of aromatic nitrogens is 2. The summed E-state index contributed by atoms with van der Waals surface area (Å²) in [6.07, 6.45) is 0.666. The van der Waals surface area contributed by atoms with E-state index < -0.39 is 0 Å². The summed E-state index contributed by atoms with van der Waals surface area (Å²) in [7, 11) is 0. The lowest BCUT2D eigenvalue weighted by Crippen LogP contribution is -2.23. The fourth-order valence-corrected chi connectivity index (χ4v) is 1.40. The van der Waals surface area contributed by atoms with Gasteiger partial charge in [0.2, 0.25) is 5.28 Å². The molecule has 64 valence electrons. The molecule has 0 amide bonds. The van der Waals surface area contributed by atoms with E-state index in [1.165, 1.54) is 0 Å². The van der Waals surface area contributed by atoms with E-state index in [9.17, 15) is 4.79 Å². The van der Waals surface area contributed by atoms with Gasteiger partial charge in [-0.25, -0.2) is 4.98 Å². The molecule has 0 saturated heterocycles. The molecule has 12 heavy (non-hydrogen) atoms. The monoisotopic (exact) mass is 186 g/mol. The molecule has 0 saturated carbocycles. The van der Waals surface area contributed by atoms with Crippen LogP contribution in [0.25, 0.3) is 0 Å². The van der Waals surface area contributed by atoms with Crippen molar-refractivity contribution in [3.63, 3.8) is 0 Å². The van der Waals surface area contributed by atoms with E-state index in [2.05, 4.69) is 9.97 Å². The topological polar surface area (TPSA) is 55.0 Å². The molecule has 4 nitrogen and oxygen atoms in total. The molecule has 5 heteroatoms. The number of H-pyrrole nitrogens is 1. The molecule has 2 rings (SSSR count). The summed E-state index contributed by atoms with van der Waals surface area (Å²) in [5.41, 5.74) is 1.17. The number of nitrogens with zero attached hydrogens (tertiary/aromatic N) is 1. The van der Waals surface area contributed by atoms with Crippen molar-refractivity contribution in [3.05, 3.63) is 26.9 Å². The number of hydrogen-bond acceptors (Lipinski definition) is 3. The average Bonchev–Trinajstić information content (AvgIpc) is 2.04. The van der Waals surface area contributed by atoms with E-state index in [-0.39, 0.29) is 10.8 Å². The first-order chi connectivity index (χ1) is 5.77. The predicted molar refractivity (Wildman–Crippen MR) is 43.2 cm³/mol. The second-order valence-corrected chi connectivity index (χ2v) is 2.94. The van der Waals surface area contributed by atoms with Gasteiger partial charge < -0.3 is 4.74 Å². The highest BCUT2D eigenvalue weighted by molar-refractivity contribution is 6.28. The van der Waals surface area contributed by atoms with Gasteiger partial charge >= 0.3 is 0 Å². The Morgan fingerprint density at radius 2 is 2.42 bits per heavy atom. The maximum absolute atomic E-state index is 11.2. The van der Waals surface area contributed by atoms with E-state index in [0.717, 1.165) is 5.69 Å². The van der Waals surface area contributed by atoms with Crippen LogP contribution in [0.3, 0.4) is 0 Å². The number of fused-ring (bicyclic) bond motifs is 1. The summed E-state index contributed by atoms with van der Waals surface area (Å²) in [6.45, 7) is 0.953. The molecule has 1 N–H and O–H groups in total. The van der Waals surface area contributed by atoms with Crippen molar-refractivity contribution in [1.82, 2.24) is 9.97 Å². The van der Waals surface area contributed by atoms with E-state index >= 15 is 0 Å². The molecule has 0 fully saturated rings. The zero-order chi connectivity index (χ0) is 8.55. The third-order valence-corrected chi connectivity index (χ3v) is 1.98. The molecule has 0 aliphatic carbocycles. The van der Waals surface area contributed by atoms with Crippen LogP contribution in [0.2, 0.25) is 5.28 Å². The number of nitrogens with one attached hydrogen (secondary N) is 1. The first-order valence-electron chi connectivity index (χ1n) is 3.62. The van der Waals surface area contributed by atoms with Crippen LogP contribution in [0.4, 0.5) is 0 Å². The van der Waals surface area contributed by atoms with Crippen LogP contribution < -0.4 is 5.56 Å². The van der Waals surface area contributed by atoms with Crippen LogP contribution in [0.1, 0.15) is 11.3 Å². The van der Waals surface area contributed by atoms with Gasteiger partial charge in [-0.2, -0.15) is 0 Å². The average molecular weight is 187 g/mol. The zero-order valence-electron chi connectivity index (χ0n) is 6.26. The second kappa shape index (κ2) is 2.88. The van der Waals surface area contributed by atoms with Crippen LogP contribution in [0.15, 0.2) is 4.79 Å². The van der Waals surface area contributed by atoms with Crippen molar-refractivity contribution in [1.29, 1.82) is 0 Å². The maximum Gasteiger partial charge on any atom is 0.257 e. The van der Waals surface area contributed by atoms with Gasteiger partial charge in [0.15, 0.2) is 0 Å². The molecule has 2 heterocycles. The first-order valence-corrected chi connectivity index (χ1v) is 4.00. The van der Waals surface area contributed by atoms with Gasteiger partial charge in [-0.3, -0.25) is 9.78 Å². The lowest BCUT2D eigenvalue weighted by Gasteiger charge is -2.13. The number of halogens is 1. The minimum atomic E-state index is -0.190. The highest BCUT2D eigenvalue weighted by Crippen LogP contribution is 2.11. The highest BCUT2D eigenvalue weighted by Gasteiger charge is 2.14. The number of aromatic amines is 1. The molecule has 0 atom stereocenters. The molecule has 0 bridgehead atoms. The number of hydrogen-bond donors (Lipinski definition) is 1. The molecule has 0 aromatic carbocycles. The molecule has 1 aromatic rings. The number of ether oxygens (including phenoxy) is 1. The van der Waals surface area contributed by atoms with Gasteiger partial charge in [-0.1, -0.05) is 0 Å². The van der Waals surface area contributed by atoms with E-state index in [1.54, 1.807) is 0 Å². The summed E-state index contributed by atoms with van der Waals surface area (Å²) in [4.78, 5) is 17.6. The fraction of sp³-hybridized carbons (Fsp3) is 0.429.